The van der Waals surface area contributed by atoms with Gasteiger partial charge in [0.25, 0.3) is 5.91 Å². The van der Waals surface area contributed by atoms with E-state index in [9.17, 15) is 9.18 Å². The van der Waals surface area contributed by atoms with Crippen LogP contribution in [0.25, 0.3) is 0 Å². The highest BCUT2D eigenvalue weighted by Gasteiger charge is 2.10. The highest BCUT2D eigenvalue weighted by atomic mass is 35.5. The Morgan fingerprint density at radius 2 is 2.11 bits per heavy atom. The van der Waals surface area contributed by atoms with Crippen molar-refractivity contribution in [2.24, 2.45) is 0 Å². The number of anilines is 2. The summed E-state index contributed by atoms with van der Waals surface area (Å²) in [4.78, 5) is 15.6. The highest BCUT2D eigenvalue weighted by molar-refractivity contribution is 6.33. The molecule has 0 aliphatic heterocycles. The molecule has 0 spiro atoms. The van der Waals surface area contributed by atoms with Crippen molar-refractivity contribution in [3.63, 3.8) is 0 Å². The number of nitrogens with zero attached hydrogens (tertiary/aromatic N) is 1. The molecular weight excluding hydrogens is 257 g/mol. The topological polar surface area (TPSA) is 68.0 Å². The molecule has 1 amide bonds. The van der Waals surface area contributed by atoms with Crippen molar-refractivity contribution in [1.29, 1.82) is 0 Å². The fourth-order valence-electron chi connectivity index (χ4n) is 1.32. The Labute approximate surface area is 108 Å². The number of carbonyl (C=O) groups is 1. The van der Waals surface area contributed by atoms with Crippen LogP contribution in [0.3, 0.4) is 0 Å². The van der Waals surface area contributed by atoms with Gasteiger partial charge in [0.05, 0.1) is 22.6 Å². The van der Waals surface area contributed by atoms with Crippen LogP contribution in [0.5, 0.6) is 0 Å². The number of halogens is 2. The lowest BCUT2D eigenvalue weighted by Gasteiger charge is -2.06. The summed E-state index contributed by atoms with van der Waals surface area (Å²) in [6.07, 6.45) is 1.36. The van der Waals surface area contributed by atoms with Crippen molar-refractivity contribution in [1.82, 2.24) is 4.98 Å². The SMILES string of the molecule is Nc1ccc(C(=O)Nc2cc(F)ccc2Cl)nc1. The van der Waals surface area contributed by atoms with E-state index in [0.29, 0.717) is 5.69 Å². The minimum absolute atomic E-state index is 0.171. The second-order valence-corrected chi connectivity index (χ2v) is 3.96. The molecule has 0 fully saturated rings. The van der Waals surface area contributed by atoms with E-state index in [2.05, 4.69) is 10.3 Å². The average Bonchev–Trinajstić information content (AvgIpc) is 2.34. The molecule has 0 aliphatic rings. The van der Waals surface area contributed by atoms with E-state index in [4.69, 9.17) is 17.3 Å². The van der Waals surface area contributed by atoms with Crippen LogP contribution in [0.4, 0.5) is 15.8 Å². The molecule has 0 atom stereocenters. The molecule has 2 aromatic rings. The van der Waals surface area contributed by atoms with Crippen molar-refractivity contribution in [3.05, 3.63) is 53.1 Å². The van der Waals surface area contributed by atoms with E-state index in [-0.39, 0.29) is 16.4 Å². The largest absolute Gasteiger partial charge is 0.397 e. The first-order valence-corrected chi connectivity index (χ1v) is 5.42. The van der Waals surface area contributed by atoms with Crippen LogP contribution in [-0.4, -0.2) is 10.9 Å². The van der Waals surface area contributed by atoms with E-state index in [1.54, 1.807) is 6.07 Å². The maximum Gasteiger partial charge on any atom is 0.274 e. The van der Waals surface area contributed by atoms with Gasteiger partial charge in [-0.3, -0.25) is 4.79 Å². The van der Waals surface area contributed by atoms with Gasteiger partial charge in [0.1, 0.15) is 11.5 Å². The van der Waals surface area contributed by atoms with Crippen LogP contribution in [0, 0.1) is 5.82 Å². The number of nitrogens with one attached hydrogen (secondary N) is 1. The minimum Gasteiger partial charge on any atom is -0.397 e. The summed E-state index contributed by atoms with van der Waals surface area (Å²) in [5.74, 6) is -0.970. The Balaban J connectivity index is 2.21. The van der Waals surface area contributed by atoms with Crippen LogP contribution in [0.1, 0.15) is 10.5 Å². The Bertz CT molecular complexity index is 586. The molecule has 4 nitrogen and oxygen atoms in total. The molecule has 92 valence electrons. The number of amides is 1. The number of rotatable bonds is 2. The molecule has 0 bridgehead atoms. The van der Waals surface area contributed by atoms with E-state index >= 15 is 0 Å². The van der Waals surface area contributed by atoms with E-state index in [1.807, 2.05) is 0 Å². The zero-order chi connectivity index (χ0) is 13.1. The second-order valence-electron chi connectivity index (χ2n) is 3.56. The molecule has 1 aromatic heterocycles. The van der Waals surface area contributed by atoms with Crippen LogP contribution in [0.15, 0.2) is 36.5 Å². The molecule has 0 radical (unpaired) electrons. The van der Waals surface area contributed by atoms with Gasteiger partial charge in [-0.15, -0.1) is 0 Å². The number of aromatic nitrogens is 1. The van der Waals surface area contributed by atoms with Crippen molar-refractivity contribution in [2.75, 3.05) is 11.1 Å². The highest BCUT2D eigenvalue weighted by Crippen LogP contribution is 2.22. The van der Waals surface area contributed by atoms with Gasteiger partial charge in [0, 0.05) is 0 Å². The van der Waals surface area contributed by atoms with Gasteiger partial charge in [0.2, 0.25) is 0 Å². The minimum atomic E-state index is -0.486. The molecule has 3 N–H and O–H groups in total. The van der Waals surface area contributed by atoms with Gasteiger partial charge in [-0.05, 0) is 30.3 Å². The number of benzene rings is 1. The molecule has 6 heteroatoms. The van der Waals surface area contributed by atoms with Crippen molar-refractivity contribution >= 4 is 28.9 Å². The van der Waals surface area contributed by atoms with Gasteiger partial charge in [-0.2, -0.15) is 0 Å². The number of pyridine rings is 1. The smallest absolute Gasteiger partial charge is 0.274 e. The quantitative estimate of drug-likeness (QED) is 0.877. The lowest BCUT2D eigenvalue weighted by Crippen LogP contribution is -2.14. The van der Waals surface area contributed by atoms with Crippen molar-refractivity contribution in [3.8, 4) is 0 Å². The fourth-order valence-corrected chi connectivity index (χ4v) is 1.48. The van der Waals surface area contributed by atoms with E-state index in [1.165, 1.54) is 24.4 Å². The number of carbonyl (C=O) groups excluding carboxylic acids is 1. The lowest BCUT2D eigenvalue weighted by molar-refractivity contribution is 0.102. The molecule has 0 saturated heterocycles. The molecule has 0 aliphatic carbocycles. The zero-order valence-corrected chi connectivity index (χ0v) is 9.91. The normalized spacial score (nSPS) is 10.1. The summed E-state index contributed by atoms with van der Waals surface area (Å²) in [5.41, 5.74) is 6.28. The molecule has 1 aromatic carbocycles. The van der Waals surface area contributed by atoms with Crippen LogP contribution in [-0.2, 0) is 0 Å². The molecular formula is C12H9ClFN3O. The third kappa shape index (κ3) is 2.75. The molecule has 0 saturated carbocycles. The van der Waals surface area contributed by atoms with Crippen LogP contribution >= 0.6 is 11.6 Å². The maximum atomic E-state index is 13.0. The summed E-state index contributed by atoms with van der Waals surface area (Å²) >= 11 is 5.83. The first kappa shape index (κ1) is 12.3. The fraction of sp³-hybridized carbons (Fsp3) is 0. The Morgan fingerprint density at radius 1 is 1.33 bits per heavy atom. The standard InChI is InChI=1S/C12H9ClFN3O/c13-9-3-1-7(14)5-11(9)17-12(18)10-4-2-8(15)6-16-10/h1-6H,15H2,(H,17,18). The number of hydrogen-bond acceptors (Lipinski definition) is 3. The summed E-state index contributed by atoms with van der Waals surface area (Å²) < 4.78 is 13.0. The van der Waals surface area contributed by atoms with Gasteiger partial charge in [0.15, 0.2) is 0 Å². The summed E-state index contributed by atoms with van der Waals surface area (Å²) in [7, 11) is 0. The monoisotopic (exact) mass is 265 g/mol. The lowest BCUT2D eigenvalue weighted by atomic mass is 10.2. The first-order chi connectivity index (χ1) is 8.56. The molecule has 1 heterocycles. The van der Waals surface area contributed by atoms with Crippen LogP contribution in [0.2, 0.25) is 5.02 Å². The average molecular weight is 266 g/mol. The van der Waals surface area contributed by atoms with Crippen LogP contribution < -0.4 is 11.1 Å². The third-order valence-electron chi connectivity index (χ3n) is 2.20. The second kappa shape index (κ2) is 5.01. The molecule has 2 rings (SSSR count). The van der Waals surface area contributed by atoms with E-state index < -0.39 is 11.7 Å². The summed E-state index contributed by atoms with van der Waals surface area (Å²) in [5, 5.41) is 2.72. The zero-order valence-electron chi connectivity index (χ0n) is 9.15. The predicted octanol–water partition coefficient (Wildman–Crippen LogP) is 2.71. The third-order valence-corrected chi connectivity index (χ3v) is 2.53. The summed E-state index contributed by atoms with van der Waals surface area (Å²) in [6.45, 7) is 0. The van der Waals surface area contributed by atoms with Crippen molar-refractivity contribution in [2.45, 2.75) is 0 Å². The number of hydrogen-bond donors (Lipinski definition) is 2. The number of nitrogen functional groups attached to an aromatic ring is 1. The van der Waals surface area contributed by atoms with Gasteiger partial charge in [-0.1, -0.05) is 11.6 Å². The molecule has 18 heavy (non-hydrogen) atoms. The molecule has 0 unspecified atom stereocenters. The number of nitrogens with two attached hydrogens (primary N) is 1. The predicted molar refractivity (Wildman–Crippen MR) is 68.0 cm³/mol. The van der Waals surface area contributed by atoms with Gasteiger partial charge < -0.3 is 11.1 Å². The maximum absolute atomic E-state index is 13.0. The Morgan fingerprint density at radius 3 is 2.78 bits per heavy atom. The van der Waals surface area contributed by atoms with Gasteiger partial charge >= 0.3 is 0 Å². The van der Waals surface area contributed by atoms with Crippen molar-refractivity contribution < 1.29 is 9.18 Å². The Hall–Kier alpha value is -2.14. The van der Waals surface area contributed by atoms with E-state index in [0.717, 1.165) is 6.07 Å². The van der Waals surface area contributed by atoms with Gasteiger partial charge in [-0.25, -0.2) is 9.37 Å². The summed E-state index contributed by atoms with van der Waals surface area (Å²) in [6, 6.07) is 6.73. The first-order valence-electron chi connectivity index (χ1n) is 5.04. The Kier molecular flexibility index (Phi) is 3.43.